The third kappa shape index (κ3) is 5.68. The number of hydrogen-bond acceptors (Lipinski definition) is 3. The van der Waals surface area contributed by atoms with Gasteiger partial charge in [0, 0.05) is 19.6 Å². The normalized spacial score (nSPS) is 10.8. The fourth-order valence-electron chi connectivity index (χ4n) is 2.64. The summed E-state index contributed by atoms with van der Waals surface area (Å²) in [5.41, 5.74) is 2.32. The van der Waals surface area contributed by atoms with Gasteiger partial charge >= 0.3 is 0 Å². The van der Waals surface area contributed by atoms with Crippen molar-refractivity contribution in [3.8, 4) is 5.75 Å². The third-order valence-corrected chi connectivity index (χ3v) is 3.66. The molecule has 0 spiro atoms. The highest BCUT2D eigenvalue weighted by atomic mass is 16.5. The van der Waals surface area contributed by atoms with E-state index in [1.54, 1.807) is 7.11 Å². The molecule has 1 amide bonds. The maximum absolute atomic E-state index is 12.4. The zero-order valence-corrected chi connectivity index (χ0v) is 14.7. The summed E-state index contributed by atoms with van der Waals surface area (Å²) >= 11 is 0. The Morgan fingerprint density at radius 2 is 1.82 bits per heavy atom. The molecule has 4 nitrogen and oxygen atoms in total. The largest absolute Gasteiger partial charge is 0.496 e. The van der Waals surface area contributed by atoms with Crippen LogP contribution in [-0.2, 0) is 11.3 Å². The predicted molar refractivity (Wildman–Crippen MR) is 91.2 cm³/mol. The van der Waals surface area contributed by atoms with Crippen molar-refractivity contribution in [2.24, 2.45) is 0 Å². The van der Waals surface area contributed by atoms with Crippen molar-refractivity contribution < 1.29 is 9.53 Å². The number of aryl methyl sites for hydroxylation is 1. The smallest absolute Gasteiger partial charge is 0.236 e. The van der Waals surface area contributed by atoms with E-state index in [1.807, 2.05) is 24.9 Å². The molecule has 0 unspecified atom stereocenters. The SMILES string of the molecule is CCCN(CCC)C(=O)CN(C)Cc1ccc(OC)c(C)c1. The van der Waals surface area contributed by atoms with Crippen LogP contribution in [-0.4, -0.2) is 49.5 Å². The second-order valence-electron chi connectivity index (χ2n) is 5.86. The number of carbonyl (C=O) groups is 1. The summed E-state index contributed by atoms with van der Waals surface area (Å²) in [5.74, 6) is 1.12. The Hall–Kier alpha value is -1.55. The molecule has 0 saturated carbocycles. The molecule has 0 radical (unpaired) electrons. The minimum atomic E-state index is 0.219. The molecule has 0 fully saturated rings. The van der Waals surface area contributed by atoms with Crippen molar-refractivity contribution in [3.63, 3.8) is 0 Å². The van der Waals surface area contributed by atoms with E-state index in [1.165, 1.54) is 5.56 Å². The molecule has 0 aliphatic carbocycles. The van der Waals surface area contributed by atoms with Crippen LogP contribution >= 0.6 is 0 Å². The minimum Gasteiger partial charge on any atom is -0.496 e. The second kappa shape index (κ2) is 9.46. The first-order valence-electron chi connectivity index (χ1n) is 8.11. The molecule has 1 rings (SSSR count). The molecule has 124 valence electrons. The highest BCUT2D eigenvalue weighted by Gasteiger charge is 2.14. The van der Waals surface area contributed by atoms with Gasteiger partial charge < -0.3 is 9.64 Å². The van der Waals surface area contributed by atoms with Gasteiger partial charge in [-0.05, 0) is 44.0 Å². The number of rotatable bonds is 9. The van der Waals surface area contributed by atoms with Crippen LogP contribution in [0.25, 0.3) is 0 Å². The Labute approximate surface area is 135 Å². The minimum absolute atomic E-state index is 0.219. The number of likely N-dealkylation sites (N-methyl/N-ethyl adjacent to an activating group) is 1. The van der Waals surface area contributed by atoms with Crippen LogP contribution in [0.4, 0.5) is 0 Å². The van der Waals surface area contributed by atoms with Crippen molar-refractivity contribution in [2.75, 3.05) is 33.8 Å². The molecule has 0 bridgehead atoms. The van der Waals surface area contributed by atoms with Gasteiger partial charge in [0.25, 0.3) is 0 Å². The second-order valence-corrected chi connectivity index (χ2v) is 5.86. The first-order valence-corrected chi connectivity index (χ1v) is 8.11. The molecule has 1 aromatic carbocycles. The lowest BCUT2D eigenvalue weighted by Gasteiger charge is -2.25. The fourth-order valence-corrected chi connectivity index (χ4v) is 2.64. The Kier molecular flexibility index (Phi) is 7.96. The molecule has 4 heteroatoms. The Morgan fingerprint density at radius 3 is 2.32 bits per heavy atom. The summed E-state index contributed by atoms with van der Waals surface area (Å²) in [6, 6.07) is 6.17. The number of carbonyl (C=O) groups excluding carboxylic acids is 1. The highest BCUT2D eigenvalue weighted by Crippen LogP contribution is 2.19. The first-order chi connectivity index (χ1) is 10.5. The molecule has 0 heterocycles. The average molecular weight is 306 g/mol. The van der Waals surface area contributed by atoms with Crippen LogP contribution in [0.5, 0.6) is 5.75 Å². The lowest BCUT2D eigenvalue weighted by Crippen LogP contribution is -2.39. The fraction of sp³-hybridized carbons (Fsp3) is 0.611. The molecule has 0 saturated heterocycles. The van der Waals surface area contributed by atoms with Crippen molar-refractivity contribution >= 4 is 5.91 Å². The molecular formula is C18H30N2O2. The van der Waals surface area contributed by atoms with Crippen molar-refractivity contribution in [1.82, 2.24) is 9.80 Å². The van der Waals surface area contributed by atoms with E-state index in [2.05, 4.69) is 30.9 Å². The van der Waals surface area contributed by atoms with Gasteiger partial charge in [0.2, 0.25) is 5.91 Å². The molecule has 0 N–H and O–H groups in total. The highest BCUT2D eigenvalue weighted by molar-refractivity contribution is 5.78. The van der Waals surface area contributed by atoms with Gasteiger partial charge in [-0.1, -0.05) is 26.0 Å². The zero-order chi connectivity index (χ0) is 16.5. The van der Waals surface area contributed by atoms with Gasteiger partial charge in [0.15, 0.2) is 0 Å². The monoisotopic (exact) mass is 306 g/mol. The molecule has 0 aliphatic rings. The van der Waals surface area contributed by atoms with Gasteiger partial charge in [-0.15, -0.1) is 0 Å². The Balaban J connectivity index is 2.59. The third-order valence-electron chi connectivity index (χ3n) is 3.66. The van der Waals surface area contributed by atoms with E-state index in [0.717, 1.165) is 43.8 Å². The van der Waals surface area contributed by atoms with Crippen molar-refractivity contribution in [3.05, 3.63) is 29.3 Å². The van der Waals surface area contributed by atoms with Crippen LogP contribution in [0.2, 0.25) is 0 Å². The van der Waals surface area contributed by atoms with E-state index in [9.17, 15) is 4.79 Å². The van der Waals surface area contributed by atoms with Gasteiger partial charge in [0.05, 0.1) is 13.7 Å². The lowest BCUT2D eigenvalue weighted by molar-refractivity contribution is -0.132. The number of amides is 1. The molecule has 22 heavy (non-hydrogen) atoms. The average Bonchev–Trinajstić information content (AvgIpc) is 2.47. The van der Waals surface area contributed by atoms with Gasteiger partial charge in [0.1, 0.15) is 5.75 Å². The summed E-state index contributed by atoms with van der Waals surface area (Å²) in [5, 5.41) is 0. The van der Waals surface area contributed by atoms with Crippen LogP contribution < -0.4 is 4.74 Å². The maximum Gasteiger partial charge on any atom is 0.236 e. The summed E-state index contributed by atoms with van der Waals surface area (Å²) in [6.07, 6.45) is 2.01. The maximum atomic E-state index is 12.4. The van der Waals surface area contributed by atoms with Gasteiger partial charge in [-0.2, -0.15) is 0 Å². The van der Waals surface area contributed by atoms with Crippen LogP contribution in [0.3, 0.4) is 0 Å². The van der Waals surface area contributed by atoms with Crippen LogP contribution in [0.1, 0.15) is 37.8 Å². The zero-order valence-electron chi connectivity index (χ0n) is 14.7. The number of methoxy groups -OCH3 is 1. The van der Waals surface area contributed by atoms with Gasteiger partial charge in [-0.3, -0.25) is 9.69 Å². The Morgan fingerprint density at radius 1 is 1.18 bits per heavy atom. The van der Waals surface area contributed by atoms with Crippen molar-refractivity contribution in [2.45, 2.75) is 40.2 Å². The number of hydrogen-bond donors (Lipinski definition) is 0. The number of nitrogens with zero attached hydrogens (tertiary/aromatic N) is 2. The molecule has 0 aliphatic heterocycles. The van der Waals surface area contributed by atoms with E-state index in [4.69, 9.17) is 4.74 Å². The molecule has 1 aromatic rings. The Bertz CT molecular complexity index is 468. The van der Waals surface area contributed by atoms with Crippen LogP contribution in [0, 0.1) is 6.92 Å². The number of benzene rings is 1. The summed E-state index contributed by atoms with van der Waals surface area (Å²) in [4.78, 5) is 16.4. The van der Waals surface area contributed by atoms with E-state index in [-0.39, 0.29) is 5.91 Å². The summed E-state index contributed by atoms with van der Waals surface area (Å²) in [6.45, 7) is 9.19. The summed E-state index contributed by atoms with van der Waals surface area (Å²) < 4.78 is 5.28. The first kappa shape index (κ1) is 18.5. The standard InChI is InChI=1S/C18H30N2O2/c1-6-10-20(11-7-2)18(21)14-19(4)13-16-8-9-17(22-5)15(3)12-16/h8-9,12H,6-7,10-11,13-14H2,1-5H3. The summed E-state index contributed by atoms with van der Waals surface area (Å²) in [7, 11) is 3.68. The van der Waals surface area contributed by atoms with Gasteiger partial charge in [-0.25, -0.2) is 0 Å². The van der Waals surface area contributed by atoms with Crippen molar-refractivity contribution in [1.29, 1.82) is 0 Å². The molecule has 0 atom stereocenters. The van der Waals surface area contributed by atoms with E-state index < -0.39 is 0 Å². The quantitative estimate of drug-likeness (QED) is 0.703. The van der Waals surface area contributed by atoms with E-state index in [0.29, 0.717) is 6.54 Å². The van der Waals surface area contributed by atoms with E-state index >= 15 is 0 Å². The topological polar surface area (TPSA) is 32.8 Å². The van der Waals surface area contributed by atoms with Crippen LogP contribution in [0.15, 0.2) is 18.2 Å². The predicted octanol–water partition coefficient (Wildman–Crippen LogP) is 3.08. The lowest BCUT2D eigenvalue weighted by atomic mass is 10.1. The molecular weight excluding hydrogens is 276 g/mol. The number of ether oxygens (including phenoxy) is 1. The molecule has 0 aromatic heterocycles.